The molecule has 0 aliphatic rings. The van der Waals surface area contributed by atoms with Crippen LogP contribution in [-0.2, 0) is 16.0 Å². The van der Waals surface area contributed by atoms with E-state index in [-0.39, 0.29) is 12.3 Å². The van der Waals surface area contributed by atoms with Crippen molar-refractivity contribution in [2.45, 2.75) is 6.42 Å². The third-order valence-electron chi connectivity index (χ3n) is 1.77. The number of rotatable bonds is 3. The maximum atomic E-state index is 10.9. The van der Waals surface area contributed by atoms with Gasteiger partial charge in [0.25, 0.3) is 0 Å². The highest BCUT2D eigenvalue weighted by atomic mass is 32.1. The minimum absolute atomic E-state index is 0.00758. The number of ether oxygens (including phenoxy) is 1. The lowest BCUT2D eigenvalue weighted by Gasteiger charge is -1.91. The first-order valence-corrected chi connectivity index (χ1v) is 5.16. The van der Waals surface area contributed by atoms with E-state index < -0.39 is 5.97 Å². The second kappa shape index (κ2) is 4.22. The van der Waals surface area contributed by atoms with Gasteiger partial charge in [0.1, 0.15) is 6.42 Å². The van der Waals surface area contributed by atoms with Crippen molar-refractivity contribution >= 4 is 17.3 Å². The van der Waals surface area contributed by atoms with E-state index in [2.05, 4.69) is 14.9 Å². The average molecular weight is 224 g/mol. The lowest BCUT2D eigenvalue weighted by atomic mass is 10.3. The van der Waals surface area contributed by atoms with Gasteiger partial charge in [0.2, 0.25) is 11.7 Å². The molecular weight excluding hydrogens is 216 g/mol. The molecule has 2 rings (SSSR count). The molecule has 0 amide bonds. The number of hydrogen-bond donors (Lipinski definition) is 0. The number of aromatic nitrogens is 2. The molecule has 0 aromatic carbocycles. The molecule has 15 heavy (non-hydrogen) atoms. The van der Waals surface area contributed by atoms with Gasteiger partial charge in [-0.25, -0.2) is 0 Å². The highest BCUT2D eigenvalue weighted by Gasteiger charge is 2.12. The van der Waals surface area contributed by atoms with Gasteiger partial charge in [0.15, 0.2) is 0 Å². The SMILES string of the molecule is COC(=O)Cc1nc(-c2ccsc2)no1. The normalized spacial score (nSPS) is 10.2. The van der Waals surface area contributed by atoms with Crippen molar-refractivity contribution < 1.29 is 14.1 Å². The van der Waals surface area contributed by atoms with Gasteiger partial charge in [-0.2, -0.15) is 16.3 Å². The smallest absolute Gasteiger partial charge is 0.315 e. The van der Waals surface area contributed by atoms with E-state index in [0.717, 1.165) is 5.56 Å². The maximum absolute atomic E-state index is 10.9. The molecule has 0 spiro atoms. The molecule has 0 bridgehead atoms. The quantitative estimate of drug-likeness (QED) is 0.739. The van der Waals surface area contributed by atoms with Crippen LogP contribution >= 0.6 is 11.3 Å². The Bertz CT molecular complexity index is 450. The second-order valence-corrected chi connectivity index (χ2v) is 3.56. The Morgan fingerprint density at radius 2 is 2.53 bits per heavy atom. The molecular formula is C9H8N2O3S. The molecule has 2 aromatic rings. The molecule has 0 saturated carbocycles. The lowest BCUT2D eigenvalue weighted by Crippen LogP contribution is -2.04. The zero-order chi connectivity index (χ0) is 10.7. The molecule has 0 unspecified atom stereocenters. The summed E-state index contributed by atoms with van der Waals surface area (Å²) >= 11 is 1.55. The van der Waals surface area contributed by atoms with Crippen molar-refractivity contribution in [2.24, 2.45) is 0 Å². The minimum Gasteiger partial charge on any atom is -0.469 e. The molecule has 2 heterocycles. The van der Waals surface area contributed by atoms with Gasteiger partial charge in [0.05, 0.1) is 7.11 Å². The summed E-state index contributed by atoms with van der Waals surface area (Å²) in [7, 11) is 1.32. The predicted octanol–water partition coefficient (Wildman–Crippen LogP) is 1.51. The van der Waals surface area contributed by atoms with Crippen LogP contribution in [0.3, 0.4) is 0 Å². The topological polar surface area (TPSA) is 65.2 Å². The van der Waals surface area contributed by atoms with Crippen molar-refractivity contribution in [2.75, 3.05) is 7.11 Å². The average Bonchev–Trinajstić information content (AvgIpc) is 2.85. The van der Waals surface area contributed by atoms with E-state index >= 15 is 0 Å². The molecule has 0 atom stereocenters. The lowest BCUT2D eigenvalue weighted by molar-refractivity contribution is -0.140. The molecule has 0 N–H and O–H groups in total. The van der Waals surface area contributed by atoms with Gasteiger partial charge in [-0.3, -0.25) is 4.79 Å². The standard InChI is InChI=1S/C9H8N2O3S/c1-13-8(12)4-7-10-9(11-14-7)6-2-3-15-5-6/h2-3,5H,4H2,1H3. The molecule has 0 radical (unpaired) electrons. The van der Waals surface area contributed by atoms with Crippen molar-refractivity contribution in [3.8, 4) is 11.4 Å². The number of esters is 1. The van der Waals surface area contributed by atoms with Gasteiger partial charge in [-0.1, -0.05) is 5.16 Å². The monoisotopic (exact) mass is 224 g/mol. The van der Waals surface area contributed by atoms with Crippen LogP contribution in [0.15, 0.2) is 21.3 Å². The fraction of sp³-hybridized carbons (Fsp3) is 0.222. The third kappa shape index (κ3) is 2.21. The van der Waals surface area contributed by atoms with Crippen molar-refractivity contribution in [1.29, 1.82) is 0 Å². The first kappa shape index (κ1) is 9.85. The van der Waals surface area contributed by atoms with Gasteiger partial charge >= 0.3 is 5.97 Å². The van der Waals surface area contributed by atoms with E-state index in [1.807, 2.05) is 16.8 Å². The van der Waals surface area contributed by atoms with Gasteiger partial charge < -0.3 is 9.26 Å². The molecule has 0 aliphatic carbocycles. The van der Waals surface area contributed by atoms with Crippen LogP contribution in [0, 0.1) is 0 Å². The summed E-state index contributed by atoms with van der Waals surface area (Å²) in [5.41, 5.74) is 0.889. The second-order valence-electron chi connectivity index (χ2n) is 2.78. The highest BCUT2D eigenvalue weighted by Crippen LogP contribution is 2.18. The van der Waals surface area contributed by atoms with Crippen LogP contribution in [0.4, 0.5) is 0 Å². The van der Waals surface area contributed by atoms with Crippen molar-refractivity contribution in [3.05, 3.63) is 22.7 Å². The summed E-state index contributed by atoms with van der Waals surface area (Å²) in [6.07, 6.45) is 0.00758. The van der Waals surface area contributed by atoms with Crippen LogP contribution in [0.25, 0.3) is 11.4 Å². The molecule has 2 aromatic heterocycles. The molecule has 0 aliphatic heterocycles. The summed E-state index contributed by atoms with van der Waals surface area (Å²) in [6.45, 7) is 0. The van der Waals surface area contributed by atoms with Crippen LogP contribution < -0.4 is 0 Å². The number of methoxy groups -OCH3 is 1. The summed E-state index contributed by atoms with van der Waals surface area (Å²) < 4.78 is 9.39. The third-order valence-corrected chi connectivity index (χ3v) is 2.45. The Balaban J connectivity index is 2.14. The predicted molar refractivity (Wildman–Crippen MR) is 53.3 cm³/mol. The molecule has 5 nitrogen and oxygen atoms in total. The molecule has 0 saturated heterocycles. The number of hydrogen-bond acceptors (Lipinski definition) is 6. The van der Waals surface area contributed by atoms with Crippen LogP contribution in [-0.4, -0.2) is 23.2 Å². The summed E-state index contributed by atoms with van der Waals surface area (Å²) in [5.74, 6) is 0.369. The van der Waals surface area contributed by atoms with Gasteiger partial charge in [0, 0.05) is 10.9 Å². The van der Waals surface area contributed by atoms with Crippen LogP contribution in [0.5, 0.6) is 0 Å². The van der Waals surface area contributed by atoms with Gasteiger partial charge in [-0.15, -0.1) is 0 Å². The molecule has 0 fully saturated rings. The van der Waals surface area contributed by atoms with E-state index in [1.54, 1.807) is 11.3 Å². The minimum atomic E-state index is -0.393. The first-order chi connectivity index (χ1) is 7.29. The van der Waals surface area contributed by atoms with E-state index in [1.165, 1.54) is 7.11 Å². The van der Waals surface area contributed by atoms with Crippen LogP contribution in [0.2, 0.25) is 0 Å². The van der Waals surface area contributed by atoms with Crippen molar-refractivity contribution in [1.82, 2.24) is 10.1 Å². The van der Waals surface area contributed by atoms with Crippen LogP contribution in [0.1, 0.15) is 5.89 Å². The van der Waals surface area contributed by atoms with Gasteiger partial charge in [-0.05, 0) is 11.4 Å². The Labute approximate surface area is 89.7 Å². The zero-order valence-electron chi connectivity index (χ0n) is 7.97. The Kier molecular flexibility index (Phi) is 2.77. The largest absolute Gasteiger partial charge is 0.469 e. The van der Waals surface area contributed by atoms with E-state index in [9.17, 15) is 4.79 Å². The maximum Gasteiger partial charge on any atom is 0.315 e. The summed E-state index contributed by atoms with van der Waals surface area (Å²) in [6, 6.07) is 1.89. The Morgan fingerprint density at radius 3 is 3.20 bits per heavy atom. The molecule has 78 valence electrons. The summed E-state index contributed by atoms with van der Waals surface area (Å²) in [4.78, 5) is 15.0. The van der Waals surface area contributed by atoms with E-state index in [0.29, 0.717) is 5.82 Å². The Morgan fingerprint density at radius 1 is 1.67 bits per heavy atom. The highest BCUT2D eigenvalue weighted by molar-refractivity contribution is 7.08. The fourth-order valence-electron chi connectivity index (χ4n) is 1.03. The summed E-state index contributed by atoms with van der Waals surface area (Å²) in [5, 5.41) is 7.59. The number of thiophene rings is 1. The Hall–Kier alpha value is -1.69. The first-order valence-electron chi connectivity index (χ1n) is 4.21. The molecule has 6 heteroatoms. The van der Waals surface area contributed by atoms with Crippen molar-refractivity contribution in [3.63, 3.8) is 0 Å². The number of carbonyl (C=O) groups excluding carboxylic acids is 1. The number of nitrogens with zero attached hydrogens (tertiary/aromatic N) is 2. The number of carbonyl (C=O) groups is 1. The zero-order valence-corrected chi connectivity index (χ0v) is 8.78. The van der Waals surface area contributed by atoms with E-state index in [4.69, 9.17) is 4.52 Å². The fourth-order valence-corrected chi connectivity index (χ4v) is 1.67.